The van der Waals surface area contributed by atoms with Crippen LogP contribution in [0.2, 0.25) is 0 Å². The summed E-state index contributed by atoms with van der Waals surface area (Å²) in [5.74, 6) is -0.905. The highest BCUT2D eigenvalue weighted by Gasteiger charge is 2.21. The van der Waals surface area contributed by atoms with Gasteiger partial charge in [-0.1, -0.05) is 19.1 Å². The molecular weight excluding hydrogens is 286 g/mol. The Morgan fingerprint density at radius 1 is 1.27 bits per heavy atom. The topological polar surface area (TPSA) is 99.7 Å². The molecule has 1 rings (SSSR count). The summed E-state index contributed by atoms with van der Waals surface area (Å²) in [5, 5.41) is 17.7. The maximum atomic E-state index is 12.3. The Morgan fingerprint density at radius 2 is 2.00 bits per heavy atom. The number of benzene rings is 1. The van der Waals surface area contributed by atoms with E-state index in [2.05, 4.69) is 16.0 Å². The van der Waals surface area contributed by atoms with Gasteiger partial charge in [-0.05, 0) is 18.7 Å². The third-order valence-corrected chi connectivity index (χ3v) is 3.00. The molecule has 0 aromatic heterocycles. The molecule has 1 unspecified atom stereocenters. The fourth-order valence-corrected chi connectivity index (χ4v) is 1.91. The number of rotatable bonds is 10. The number of carboxylic acid groups (broad SMARTS) is 1. The lowest BCUT2D eigenvalue weighted by molar-refractivity contribution is -0.139. The van der Waals surface area contributed by atoms with E-state index in [1.54, 1.807) is 24.3 Å². The van der Waals surface area contributed by atoms with Crippen molar-refractivity contribution in [1.82, 2.24) is 10.6 Å². The summed E-state index contributed by atoms with van der Waals surface area (Å²) in [5.41, 5.74) is 0.513. The Morgan fingerprint density at radius 3 is 2.64 bits per heavy atom. The van der Waals surface area contributed by atoms with E-state index >= 15 is 0 Å². The number of para-hydroxylation sites is 2. The zero-order valence-electron chi connectivity index (χ0n) is 12.9. The fraction of sp³-hybridized carbons (Fsp3) is 0.467. The van der Waals surface area contributed by atoms with Gasteiger partial charge in [-0.15, -0.1) is 0 Å². The molecule has 1 amide bonds. The first kappa shape index (κ1) is 17.9. The predicted molar refractivity (Wildman–Crippen MR) is 84.2 cm³/mol. The summed E-state index contributed by atoms with van der Waals surface area (Å²) < 4.78 is 5.16. The first-order valence-electron chi connectivity index (χ1n) is 7.18. The van der Waals surface area contributed by atoms with Crippen molar-refractivity contribution < 1.29 is 19.4 Å². The second-order valence-corrected chi connectivity index (χ2v) is 4.65. The number of carboxylic acids is 1. The quantitative estimate of drug-likeness (QED) is 0.474. The van der Waals surface area contributed by atoms with Gasteiger partial charge in [0.25, 0.3) is 0 Å². The minimum Gasteiger partial charge on any atom is -0.495 e. The number of ether oxygens (including phenoxy) is 1. The van der Waals surface area contributed by atoms with Gasteiger partial charge in [0.1, 0.15) is 5.75 Å². The van der Waals surface area contributed by atoms with Gasteiger partial charge in [-0.2, -0.15) is 0 Å². The van der Waals surface area contributed by atoms with Crippen molar-refractivity contribution in [2.24, 2.45) is 0 Å². The molecule has 22 heavy (non-hydrogen) atoms. The second-order valence-electron chi connectivity index (χ2n) is 4.65. The molecule has 0 spiro atoms. The molecule has 0 radical (unpaired) electrons. The summed E-state index contributed by atoms with van der Waals surface area (Å²) in [7, 11) is 1.51. The van der Waals surface area contributed by atoms with E-state index in [4.69, 9.17) is 9.84 Å². The third-order valence-electron chi connectivity index (χ3n) is 3.00. The van der Waals surface area contributed by atoms with E-state index in [9.17, 15) is 9.59 Å². The Kier molecular flexibility index (Phi) is 7.95. The largest absolute Gasteiger partial charge is 0.495 e. The van der Waals surface area contributed by atoms with E-state index in [0.717, 1.165) is 6.54 Å². The van der Waals surface area contributed by atoms with Gasteiger partial charge in [0.2, 0.25) is 5.91 Å². The van der Waals surface area contributed by atoms with Crippen LogP contribution in [-0.4, -0.2) is 49.8 Å². The molecule has 0 aliphatic heterocycles. The first-order valence-corrected chi connectivity index (χ1v) is 7.18. The van der Waals surface area contributed by atoms with Crippen LogP contribution in [-0.2, 0) is 9.59 Å². The summed E-state index contributed by atoms with van der Waals surface area (Å²) in [6.45, 7) is 3.96. The molecule has 1 aromatic carbocycles. The van der Waals surface area contributed by atoms with E-state index in [0.29, 0.717) is 24.5 Å². The monoisotopic (exact) mass is 309 g/mol. The van der Waals surface area contributed by atoms with Gasteiger partial charge in [0.15, 0.2) is 0 Å². The van der Waals surface area contributed by atoms with Crippen LogP contribution in [0.25, 0.3) is 0 Å². The van der Waals surface area contributed by atoms with Gasteiger partial charge in [-0.3, -0.25) is 9.59 Å². The number of amides is 1. The summed E-state index contributed by atoms with van der Waals surface area (Å²) in [6, 6.07) is 6.18. The van der Waals surface area contributed by atoms with E-state index < -0.39 is 17.9 Å². The molecule has 1 aromatic rings. The number of nitrogens with one attached hydrogen (secondary N) is 3. The number of aliphatic carboxylic acids is 1. The molecule has 0 aliphatic carbocycles. The van der Waals surface area contributed by atoms with E-state index in [-0.39, 0.29) is 6.42 Å². The molecule has 0 aliphatic rings. The molecule has 0 saturated heterocycles. The van der Waals surface area contributed by atoms with Crippen LogP contribution < -0.4 is 20.7 Å². The standard InChI is InChI=1S/C15H23N3O4/c1-3-16-8-9-17-12(10-14(19)20)15(21)18-11-6-4-5-7-13(11)22-2/h4-7,12,16-17H,3,8-10H2,1-2H3,(H,18,21)(H,19,20). The number of hydrogen-bond donors (Lipinski definition) is 4. The zero-order chi connectivity index (χ0) is 16.4. The van der Waals surface area contributed by atoms with Crippen molar-refractivity contribution in [3.05, 3.63) is 24.3 Å². The normalized spacial score (nSPS) is 11.7. The maximum absolute atomic E-state index is 12.3. The Labute approximate surface area is 130 Å². The second kappa shape index (κ2) is 9.75. The third kappa shape index (κ3) is 6.11. The Bertz CT molecular complexity index is 493. The number of methoxy groups -OCH3 is 1. The van der Waals surface area contributed by atoms with Crippen LogP contribution in [0.4, 0.5) is 5.69 Å². The van der Waals surface area contributed by atoms with Crippen molar-refractivity contribution in [3.63, 3.8) is 0 Å². The van der Waals surface area contributed by atoms with Crippen molar-refractivity contribution in [1.29, 1.82) is 0 Å². The maximum Gasteiger partial charge on any atom is 0.305 e. The molecule has 0 heterocycles. The first-order chi connectivity index (χ1) is 10.6. The number of likely N-dealkylation sites (N-methyl/N-ethyl adjacent to an activating group) is 1. The van der Waals surface area contributed by atoms with Gasteiger partial charge < -0.3 is 25.8 Å². The van der Waals surface area contributed by atoms with Gasteiger partial charge in [0.05, 0.1) is 25.3 Å². The van der Waals surface area contributed by atoms with Crippen molar-refractivity contribution in [2.45, 2.75) is 19.4 Å². The predicted octanol–water partition coefficient (Wildman–Crippen LogP) is 0.676. The SMILES string of the molecule is CCNCCNC(CC(=O)O)C(=O)Nc1ccccc1OC. The fourth-order valence-electron chi connectivity index (χ4n) is 1.91. The van der Waals surface area contributed by atoms with Gasteiger partial charge >= 0.3 is 5.97 Å². The van der Waals surface area contributed by atoms with Crippen LogP contribution >= 0.6 is 0 Å². The number of hydrogen-bond acceptors (Lipinski definition) is 5. The Balaban J connectivity index is 2.67. The van der Waals surface area contributed by atoms with Crippen LogP contribution in [0.5, 0.6) is 5.75 Å². The van der Waals surface area contributed by atoms with Crippen LogP contribution in [0, 0.1) is 0 Å². The summed E-state index contributed by atoms with van der Waals surface area (Å²) in [4.78, 5) is 23.2. The van der Waals surface area contributed by atoms with Crippen LogP contribution in [0.3, 0.4) is 0 Å². The average molecular weight is 309 g/mol. The highest BCUT2D eigenvalue weighted by molar-refractivity contribution is 5.97. The molecule has 4 N–H and O–H groups in total. The lowest BCUT2D eigenvalue weighted by atomic mass is 10.1. The van der Waals surface area contributed by atoms with Crippen molar-refractivity contribution >= 4 is 17.6 Å². The molecule has 0 bridgehead atoms. The van der Waals surface area contributed by atoms with Crippen LogP contribution in [0.1, 0.15) is 13.3 Å². The highest BCUT2D eigenvalue weighted by atomic mass is 16.5. The number of anilines is 1. The average Bonchev–Trinajstić information content (AvgIpc) is 2.50. The molecular formula is C15H23N3O4. The Hall–Kier alpha value is -2.12. The van der Waals surface area contributed by atoms with Crippen LogP contribution in [0.15, 0.2) is 24.3 Å². The van der Waals surface area contributed by atoms with Gasteiger partial charge in [-0.25, -0.2) is 0 Å². The highest BCUT2D eigenvalue weighted by Crippen LogP contribution is 2.23. The zero-order valence-corrected chi connectivity index (χ0v) is 12.9. The van der Waals surface area contributed by atoms with Crippen molar-refractivity contribution in [3.8, 4) is 5.75 Å². The smallest absolute Gasteiger partial charge is 0.305 e. The molecule has 1 atom stereocenters. The molecule has 122 valence electrons. The number of carbonyl (C=O) groups excluding carboxylic acids is 1. The van der Waals surface area contributed by atoms with E-state index in [1.807, 2.05) is 6.92 Å². The summed E-state index contributed by atoms with van der Waals surface area (Å²) >= 11 is 0. The molecule has 0 saturated carbocycles. The number of carbonyl (C=O) groups is 2. The minimum absolute atomic E-state index is 0.285. The minimum atomic E-state index is -1.03. The molecule has 7 nitrogen and oxygen atoms in total. The molecule has 0 fully saturated rings. The lowest BCUT2D eigenvalue weighted by Crippen LogP contribution is -2.44. The van der Waals surface area contributed by atoms with E-state index in [1.165, 1.54) is 7.11 Å². The molecule has 7 heteroatoms. The van der Waals surface area contributed by atoms with Crippen molar-refractivity contribution in [2.75, 3.05) is 32.1 Å². The summed E-state index contributed by atoms with van der Waals surface area (Å²) in [6.07, 6.45) is -0.285. The van der Waals surface area contributed by atoms with Gasteiger partial charge in [0, 0.05) is 13.1 Å². The lowest BCUT2D eigenvalue weighted by Gasteiger charge is -2.18.